The van der Waals surface area contributed by atoms with Gasteiger partial charge in [0.1, 0.15) is 0 Å². The average Bonchev–Trinajstić information content (AvgIpc) is 2.58. The quantitative estimate of drug-likeness (QED) is 0.262. The Morgan fingerprint density at radius 3 is 1.95 bits per heavy atom. The minimum absolute atomic E-state index is 1.08. The van der Waals surface area contributed by atoms with Gasteiger partial charge in [0.05, 0.1) is 5.52 Å². The number of hydrogen-bond acceptors (Lipinski definition) is 1. The van der Waals surface area contributed by atoms with Crippen LogP contribution in [0.25, 0.3) is 43.2 Å². The summed E-state index contributed by atoms with van der Waals surface area (Å²) in [6.45, 7) is 0. The molecule has 1 nitrogen and oxygen atoms in total. The highest BCUT2D eigenvalue weighted by atomic mass is 14.6. The van der Waals surface area contributed by atoms with Crippen LogP contribution in [0.4, 0.5) is 0 Å². The minimum Gasteiger partial charge on any atom is -0.256 e. The Hall–Kier alpha value is -2.93. The van der Waals surface area contributed by atoms with Crippen LogP contribution in [0, 0.1) is 0 Å². The van der Waals surface area contributed by atoms with Gasteiger partial charge < -0.3 is 0 Å². The lowest BCUT2D eigenvalue weighted by Crippen LogP contribution is -1.83. The van der Waals surface area contributed by atoms with Gasteiger partial charge in [0.25, 0.3) is 0 Å². The third-order valence-corrected chi connectivity index (χ3v) is 4.41. The molecule has 0 amide bonds. The summed E-state index contributed by atoms with van der Waals surface area (Å²) in [6, 6.07) is 26.0. The fourth-order valence-electron chi connectivity index (χ4n) is 3.31. The molecular weight excluding hydrogens is 266 g/mol. The summed E-state index contributed by atoms with van der Waals surface area (Å²) in [6.07, 6.45) is 1.87. The Balaban J connectivity index is 1.98. The van der Waals surface area contributed by atoms with Crippen LogP contribution in [0.3, 0.4) is 0 Å². The van der Waals surface area contributed by atoms with Crippen LogP contribution in [-0.4, -0.2) is 4.98 Å². The molecule has 0 fully saturated rings. The van der Waals surface area contributed by atoms with Crippen LogP contribution in [0.1, 0.15) is 0 Å². The summed E-state index contributed by atoms with van der Waals surface area (Å²) >= 11 is 0. The van der Waals surface area contributed by atoms with Crippen molar-refractivity contribution in [2.75, 3.05) is 0 Å². The Kier molecular flexibility index (Phi) is 2.28. The van der Waals surface area contributed by atoms with Crippen molar-refractivity contribution in [1.82, 2.24) is 4.98 Å². The van der Waals surface area contributed by atoms with Gasteiger partial charge in [-0.1, -0.05) is 42.5 Å². The lowest BCUT2D eigenvalue weighted by Gasteiger charge is -2.07. The standard InChI is InChI=1S/C21H13N/c1-2-5-16-11-19-13-20-17(12-18(19)10-15(16)4-1)8-7-14-6-3-9-22-21(14)20/h1-13H. The first-order valence-electron chi connectivity index (χ1n) is 7.48. The van der Waals surface area contributed by atoms with E-state index in [2.05, 4.69) is 71.7 Å². The zero-order valence-electron chi connectivity index (χ0n) is 12.0. The smallest absolute Gasteiger partial charge is 0.0780 e. The van der Waals surface area contributed by atoms with Crippen LogP contribution in [0.5, 0.6) is 0 Å². The van der Waals surface area contributed by atoms with Crippen molar-refractivity contribution in [2.45, 2.75) is 0 Å². The number of rotatable bonds is 0. The molecule has 0 aliphatic rings. The predicted octanol–water partition coefficient (Wildman–Crippen LogP) is 5.69. The molecule has 0 atom stereocenters. The van der Waals surface area contributed by atoms with Crippen molar-refractivity contribution in [3.8, 4) is 0 Å². The maximum absolute atomic E-state index is 4.58. The third kappa shape index (κ3) is 1.63. The van der Waals surface area contributed by atoms with Crippen molar-refractivity contribution in [1.29, 1.82) is 0 Å². The number of fused-ring (bicyclic) bond motifs is 5. The average molecular weight is 279 g/mol. The molecule has 102 valence electrons. The molecule has 0 spiro atoms. The second-order valence-electron chi connectivity index (χ2n) is 5.76. The van der Waals surface area contributed by atoms with E-state index in [9.17, 15) is 0 Å². The molecule has 0 bridgehead atoms. The van der Waals surface area contributed by atoms with Crippen LogP contribution in [0.2, 0.25) is 0 Å². The van der Waals surface area contributed by atoms with Crippen molar-refractivity contribution >= 4 is 43.2 Å². The molecule has 5 aromatic rings. The van der Waals surface area contributed by atoms with Crippen molar-refractivity contribution < 1.29 is 0 Å². The summed E-state index contributed by atoms with van der Waals surface area (Å²) in [5.74, 6) is 0. The third-order valence-electron chi connectivity index (χ3n) is 4.41. The van der Waals surface area contributed by atoms with Gasteiger partial charge in [0, 0.05) is 17.0 Å². The Labute approximate surface area is 127 Å². The number of nitrogens with zero attached hydrogens (tertiary/aromatic N) is 1. The van der Waals surface area contributed by atoms with E-state index in [0.29, 0.717) is 0 Å². The normalized spacial score (nSPS) is 11.6. The Bertz CT molecular complexity index is 1170. The lowest BCUT2D eigenvalue weighted by molar-refractivity contribution is 1.43. The van der Waals surface area contributed by atoms with Crippen molar-refractivity contribution in [3.05, 3.63) is 79.0 Å². The van der Waals surface area contributed by atoms with Gasteiger partial charge in [0.15, 0.2) is 0 Å². The van der Waals surface area contributed by atoms with Crippen LogP contribution in [-0.2, 0) is 0 Å². The van der Waals surface area contributed by atoms with E-state index in [-0.39, 0.29) is 0 Å². The molecule has 0 unspecified atom stereocenters. The molecule has 5 rings (SSSR count). The fourth-order valence-corrected chi connectivity index (χ4v) is 3.31. The molecule has 22 heavy (non-hydrogen) atoms. The number of aromatic nitrogens is 1. The molecule has 0 aliphatic heterocycles. The Morgan fingerprint density at radius 1 is 0.500 bits per heavy atom. The first kappa shape index (κ1) is 11.7. The van der Waals surface area contributed by atoms with Gasteiger partial charge in [-0.25, -0.2) is 0 Å². The zero-order valence-corrected chi connectivity index (χ0v) is 12.0. The molecular formula is C21H13N. The van der Waals surface area contributed by atoms with Crippen LogP contribution >= 0.6 is 0 Å². The molecule has 1 heterocycles. The summed E-state index contributed by atoms with van der Waals surface area (Å²) in [7, 11) is 0. The largest absolute Gasteiger partial charge is 0.256 e. The van der Waals surface area contributed by atoms with Gasteiger partial charge in [-0.3, -0.25) is 4.98 Å². The molecule has 1 heteroatoms. The molecule has 4 aromatic carbocycles. The Morgan fingerprint density at radius 2 is 1.14 bits per heavy atom. The highest BCUT2D eigenvalue weighted by Crippen LogP contribution is 2.30. The number of benzene rings is 4. The molecule has 0 N–H and O–H groups in total. The van der Waals surface area contributed by atoms with Crippen LogP contribution in [0.15, 0.2) is 79.0 Å². The van der Waals surface area contributed by atoms with Gasteiger partial charge >= 0.3 is 0 Å². The van der Waals surface area contributed by atoms with E-state index in [4.69, 9.17) is 0 Å². The van der Waals surface area contributed by atoms with Crippen molar-refractivity contribution in [2.24, 2.45) is 0 Å². The lowest BCUT2D eigenvalue weighted by atomic mass is 9.98. The van der Waals surface area contributed by atoms with E-state index in [1.165, 1.54) is 37.7 Å². The van der Waals surface area contributed by atoms with Crippen LogP contribution < -0.4 is 0 Å². The van der Waals surface area contributed by atoms with Gasteiger partial charge in [-0.15, -0.1) is 0 Å². The monoisotopic (exact) mass is 279 g/mol. The summed E-state index contributed by atoms with van der Waals surface area (Å²) < 4.78 is 0. The van der Waals surface area contributed by atoms with E-state index >= 15 is 0 Å². The van der Waals surface area contributed by atoms with Gasteiger partial charge in [-0.05, 0) is 57.3 Å². The molecule has 0 saturated carbocycles. The maximum Gasteiger partial charge on any atom is 0.0780 e. The first-order chi connectivity index (χ1) is 10.9. The molecule has 0 aliphatic carbocycles. The van der Waals surface area contributed by atoms with E-state index in [0.717, 1.165) is 5.52 Å². The van der Waals surface area contributed by atoms with E-state index in [1.807, 2.05) is 12.3 Å². The predicted molar refractivity (Wildman–Crippen MR) is 94.3 cm³/mol. The minimum atomic E-state index is 1.08. The topological polar surface area (TPSA) is 12.9 Å². The molecule has 0 radical (unpaired) electrons. The fraction of sp³-hybridized carbons (Fsp3) is 0. The maximum atomic E-state index is 4.58. The summed E-state index contributed by atoms with van der Waals surface area (Å²) in [5, 5.41) is 8.77. The van der Waals surface area contributed by atoms with E-state index < -0.39 is 0 Å². The second kappa shape index (κ2) is 4.28. The molecule has 1 aromatic heterocycles. The highest BCUT2D eigenvalue weighted by molar-refractivity contribution is 6.12. The summed E-state index contributed by atoms with van der Waals surface area (Å²) in [5.41, 5.74) is 1.08. The first-order valence-corrected chi connectivity index (χ1v) is 7.48. The number of hydrogen-bond donors (Lipinski definition) is 0. The zero-order chi connectivity index (χ0) is 14.5. The molecule has 0 saturated heterocycles. The number of pyridine rings is 1. The van der Waals surface area contributed by atoms with Gasteiger partial charge in [-0.2, -0.15) is 0 Å². The van der Waals surface area contributed by atoms with E-state index in [1.54, 1.807) is 0 Å². The summed E-state index contributed by atoms with van der Waals surface area (Å²) in [4.78, 5) is 4.58. The SMILES string of the molecule is c1ccc2cc3cc4c(ccc5cccnc54)cc3cc2c1. The highest BCUT2D eigenvalue weighted by Gasteiger charge is 2.04. The second-order valence-corrected chi connectivity index (χ2v) is 5.76. The van der Waals surface area contributed by atoms with Crippen molar-refractivity contribution in [3.63, 3.8) is 0 Å². The van der Waals surface area contributed by atoms with Gasteiger partial charge in [0.2, 0.25) is 0 Å².